The van der Waals surface area contributed by atoms with Gasteiger partial charge in [-0.05, 0) is 43.7 Å². The molecule has 0 bridgehead atoms. The summed E-state index contributed by atoms with van der Waals surface area (Å²) in [6.45, 7) is 3.66. The van der Waals surface area contributed by atoms with Gasteiger partial charge >= 0.3 is 0 Å². The number of rotatable bonds is 3. The lowest BCUT2D eigenvalue weighted by Gasteiger charge is -2.42. The molecule has 1 aromatic carbocycles. The molecule has 1 aliphatic carbocycles. The molecular weight excluding hydrogens is 320 g/mol. The summed E-state index contributed by atoms with van der Waals surface area (Å²) in [6, 6.07) is 10.8. The number of fused-ring (bicyclic) bond motifs is 1. The Morgan fingerprint density at radius 3 is 2.64 bits per heavy atom. The number of aromatic nitrogens is 1. The lowest BCUT2D eigenvalue weighted by molar-refractivity contribution is -0.140. The SMILES string of the molecule is CC1(C)C(=O)c2ccc(C#N)cc2[C@@H](n2ccccc2=O)[C@@H]1OC=O. The highest BCUT2D eigenvalue weighted by Crippen LogP contribution is 2.44. The van der Waals surface area contributed by atoms with E-state index in [0.717, 1.165) is 0 Å². The summed E-state index contributed by atoms with van der Waals surface area (Å²) >= 11 is 0. The minimum Gasteiger partial charge on any atom is -0.461 e. The predicted octanol–water partition coefficient (Wildman–Crippen LogP) is 2.07. The van der Waals surface area contributed by atoms with Gasteiger partial charge in [0.1, 0.15) is 12.1 Å². The van der Waals surface area contributed by atoms with Crippen LogP contribution < -0.4 is 5.56 Å². The number of benzene rings is 1. The molecule has 3 rings (SSSR count). The van der Waals surface area contributed by atoms with Crippen LogP contribution in [0, 0.1) is 16.7 Å². The first-order chi connectivity index (χ1) is 11.9. The van der Waals surface area contributed by atoms with Gasteiger partial charge in [-0.1, -0.05) is 6.07 Å². The summed E-state index contributed by atoms with van der Waals surface area (Å²) in [5, 5.41) is 9.20. The third-order valence-electron chi connectivity index (χ3n) is 4.68. The first kappa shape index (κ1) is 16.7. The number of hydrogen-bond acceptors (Lipinski definition) is 5. The van der Waals surface area contributed by atoms with E-state index in [-0.39, 0.29) is 11.3 Å². The smallest absolute Gasteiger partial charge is 0.293 e. The predicted molar refractivity (Wildman–Crippen MR) is 89.0 cm³/mol. The number of nitrogens with zero attached hydrogens (tertiary/aromatic N) is 2. The molecule has 0 amide bonds. The molecule has 1 aliphatic rings. The average molecular weight is 336 g/mol. The molecule has 0 spiro atoms. The summed E-state index contributed by atoms with van der Waals surface area (Å²) < 4.78 is 6.71. The summed E-state index contributed by atoms with van der Waals surface area (Å²) in [6.07, 6.45) is 0.710. The molecule has 1 heterocycles. The van der Waals surface area contributed by atoms with Crippen LogP contribution in [0.4, 0.5) is 0 Å². The number of ether oxygens (including phenoxy) is 1. The van der Waals surface area contributed by atoms with Gasteiger partial charge in [0.05, 0.1) is 17.0 Å². The third-order valence-corrected chi connectivity index (χ3v) is 4.68. The maximum absolute atomic E-state index is 12.9. The maximum atomic E-state index is 12.9. The maximum Gasteiger partial charge on any atom is 0.293 e. The first-order valence-corrected chi connectivity index (χ1v) is 7.77. The molecule has 2 aromatic rings. The van der Waals surface area contributed by atoms with Crippen molar-refractivity contribution in [1.82, 2.24) is 4.57 Å². The fraction of sp³-hybridized carbons (Fsp3) is 0.263. The van der Waals surface area contributed by atoms with Gasteiger partial charge in [-0.25, -0.2) is 0 Å². The van der Waals surface area contributed by atoms with Crippen LogP contribution >= 0.6 is 0 Å². The Morgan fingerprint density at radius 1 is 1.24 bits per heavy atom. The molecule has 0 unspecified atom stereocenters. The van der Waals surface area contributed by atoms with Crippen molar-refractivity contribution in [2.75, 3.05) is 0 Å². The second-order valence-corrected chi connectivity index (χ2v) is 6.51. The quantitative estimate of drug-likeness (QED) is 0.801. The Morgan fingerprint density at radius 2 is 2.00 bits per heavy atom. The van der Waals surface area contributed by atoms with Gasteiger partial charge in [0, 0.05) is 17.8 Å². The van der Waals surface area contributed by atoms with Gasteiger partial charge in [-0.2, -0.15) is 5.26 Å². The van der Waals surface area contributed by atoms with Crippen molar-refractivity contribution in [2.45, 2.75) is 26.0 Å². The second kappa shape index (κ2) is 6.02. The fourth-order valence-corrected chi connectivity index (χ4v) is 3.39. The Kier molecular flexibility index (Phi) is 4.01. The van der Waals surface area contributed by atoms with E-state index in [1.54, 1.807) is 50.4 Å². The molecular formula is C19H16N2O4. The first-order valence-electron chi connectivity index (χ1n) is 7.77. The second-order valence-electron chi connectivity index (χ2n) is 6.51. The van der Waals surface area contributed by atoms with Crippen molar-refractivity contribution in [2.24, 2.45) is 5.41 Å². The summed E-state index contributed by atoms with van der Waals surface area (Å²) in [5.74, 6) is -0.195. The van der Waals surface area contributed by atoms with E-state index < -0.39 is 17.6 Å². The van der Waals surface area contributed by atoms with Crippen LogP contribution in [-0.4, -0.2) is 22.9 Å². The van der Waals surface area contributed by atoms with Crippen LogP contribution in [0.5, 0.6) is 0 Å². The van der Waals surface area contributed by atoms with Crippen molar-refractivity contribution in [3.63, 3.8) is 0 Å². The Balaban J connectivity index is 2.35. The zero-order chi connectivity index (χ0) is 18.2. The van der Waals surface area contributed by atoms with E-state index in [1.807, 2.05) is 6.07 Å². The Labute approximate surface area is 144 Å². The standard InChI is InChI=1S/C19H16N2O4/c1-19(2)17(24)13-7-6-12(10-20)9-14(13)16(18(19)25-11-22)21-8-4-3-5-15(21)23/h3-9,11,16,18H,1-2H3/t16-,18+/m1/s1. The molecule has 0 saturated carbocycles. The summed E-state index contributed by atoms with van der Waals surface area (Å²) in [4.78, 5) is 36.4. The van der Waals surface area contributed by atoms with Crippen LogP contribution in [0.15, 0.2) is 47.4 Å². The van der Waals surface area contributed by atoms with Crippen molar-refractivity contribution in [3.05, 3.63) is 69.6 Å². The van der Waals surface area contributed by atoms with Gasteiger partial charge in [0.15, 0.2) is 5.78 Å². The van der Waals surface area contributed by atoms with E-state index >= 15 is 0 Å². The van der Waals surface area contributed by atoms with Crippen molar-refractivity contribution in [1.29, 1.82) is 5.26 Å². The molecule has 1 aromatic heterocycles. The summed E-state index contributed by atoms with van der Waals surface area (Å²) in [5.41, 5.74) is -0.0169. The number of nitriles is 1. The van der Waals surface area contributed by atoms with E-state index in [4.69, 9.17) is 4.74 Å². The molecule has 0 saturated heterocycles. The minimum absolute atomic E-state index is 0.195. The molecule has 0 fully saturated rings. The average Bonchev–Trinajstić information content (AvgIpc) is 2.61. The van der Waals surface area contributed by atoms with E-state index in [0.29, 0.717) is 23.2 Å². The molecule has 126 valence electrons. The van der Waals surface area contributed by atoms with Gasteiger partial charge < -0.3 is 9.30 Å². The van der Waals surface area contributed by atoms with Crippen LogP contribution in [0.3, 0.4) is 0 Å². The van der Waals surface area contributed by atoms with Crippen LogP contribution in [0.1, 0.15) is 41.4 Å². The van der Waals surface area contributed by atoms with Crippen molar-refractivity contribution >= 4 is 12.3 Å². The molecule has 6 heteroatoms. The van der Waals surface area contributed by atoms with E-state index in [1.165, 1.54) is 10.6 Å². The lowest BCUT2D eigenvalue weighted by Crippen LogP contribution is -2.50. The van der Waals surface area contributed by atoms with E-state index in [9.17, 15) is 19.6 Å². The molecule has 0 N–H and O–H groups in total. The van der Waals surface area contributed by atoms with Crippen LogP contribution in [-0.2, 0) is 9.53 Å². The van der Waals surface area contributed by atoms with E-state index in [2.05, 4.69) is 0 Å². The Hall–Kier alpha value is -3.20. The third kappa shape index (κ3) is 2.54. The van der Waals surface area contributed by atoms with Gasteiger partial charge in [0.25, 0.3) is 12.0 Å². The van der Waals surface area contributed by atoms with Crippen molar-refractivity contribution < 1.29 is 14.3 Å². The summed E-state index contributed by atoms with van der Waals surface area (Å²) in [7, 11) is 0. The topological polar surface area (TPSA) is 89.2 Å². The number of hydrogen-bond donors (Lipinski definition) is 0. The van der Waals surface area contributed by atoms with Gasteiger partial charge in [0.2, 0.25) is 0 Å². The van der Waals surface area contributed by atoms with Crippen LogP contribution in [0.25, 0.3) is 0 Å². The number of carbonyl (C=O) groups is 2. The Bertz CT molecular complexity index is 952. The monoisotopic (exact) mass is 336 g/mol. The number of ketones is 1. The molecule has 2 atom stereocenters. The minimum atomic E-state index is -1.03. The van der Waals surface area contributed by atoms with Crippen LogP contribution in [0.2, 0.25) is 0 Å². The highest BCUT2D eigenvalue weighted by molar-refractivity contribution is 6.03. The van der Waals surface area contributed by atoms with Gasteiger partial charge in [-0.3, -0.25) is 14.4 Å². The zero-order valence-corrected chi connectivity index (χ0v) is 13.8. The molecule has 6 nitrogen and oxygen atoms in total. The number of pyridine rings is 1. The highest BCUT2D eigenvalue weighted by Gasteiger charge is 2.50. The molecule has 0 radical (unpaired) electrons. The van der Waals surface area contributed by atoms with Gasteiger partial charge in [-0.15, -0.1) is 0 Å². The molecule has 0 aliphatic heterocycles. The largest absolute Gasteiger partial charge is 0.461 e. The normalized spacial score (nSPS) is 21.1. The number of Topliss-reactive ketones (excluding diaryl/α,β-unsaturated/α-hetero) is 1. The highest BCUT2D eigenvalue weighted by atomic mass is 16.5. The lowest BCUT2D eigenvalue weighted by atomic mass is 9.68. The number of carbonyl (C=O) groups excluding carboxylic acids is 2. The van der Waals surface area contributed by atoms with Crippen molar-refractivity contribution in [3.8, 4) is 6.07 Å². The molecule has 25 heavy (non-hydrogen) atoms. The fourth-order valence-electron chi connectivity index (χ4n) is 3.39. The zero-order valence-electron chi connectivity index (χ0n) is 13.8.